The first-order valence-electron chi connectivity index (χ1n) is 4.05. The van der Waals surface area contributed by atoms with Crippen molar-refractivity contribution in [1.82, 2.24) is 4.98 Å². The van der Waals surface area contributed by atoms with Crippen LogP contribution in [0, 0.1) is 13.8 Å². The van der Waals surface area contributed by atoms with E-state index in [-0.39, 0.29) is 0 Å². The molecule has 0 saturated carbocycles. The maximum absolute atomic E-state index is 4.26. The Kier molecular flexibility index (Phi) is 2.28. The SMILES string of the molecule is Cc1ccnc(C)c1C(C)C. The van der Waals surface area contributed by atoms with Crippen LogP contribution in [0.2, 0.25) is 0 Å². The lowest BCUT2D eigenvalue weighted by molar-refractivity contribution is 0.832. The highest BCUT2D eigenvalue weighted by Gasteiger charge is 2.05. The van der Waals surface area contributed by atoms with Gasteiger partial charge in [-0.1, -0.05) is 13.8 Å². The highest BCUT2D eigenvalue weighted by atomic mass is 14.7. The van der Waals surface area contributed by atoms with Crippen molar-refractivity contribution in [2.45, 2.75) is 33.6 Å². The molecule has 11 heavy (non-hydrogen) atoms. The molecule has 0 fully saturated rings. The van der Waals surface area contributed by atoms with Crippen molar-refractivity contribution >= 4 is 0 Å². The first-order chi connectivity index (χ1) is 5.13. The van der Waals surface area contributed by atoms with Crippen LogP contribution in [0.25, 0.3) is 0 Å². The lowest BCUT2D eigenvalue weighted by Crippen LogP contribution is -1.97. The number of rotatable bonds is 1. The number of nitrogens with zero attached hydrogens (tertiary/aromatic N) is 1. The summed E-state index contributed by atoms with van der Waals surface area (Å²) in [6, 6.07) is 2.07. The van der Waals surface area contributed by atoms with Crippen LogP contribution in [0.4, 0.5) is 0 Å². The Hall–Kier alpha value is -0.850. The van der Waals surface area contributed by atoms with Crippen molar-refractivity contribution in [3.63, 3.8) is 0 Å². The van der Waals surface area contributed by atoms with Gasteiger partial charge in [0.05, 0.1) is 0 Å². The van der Waals surface area contributed by atoms with E-state index in [1.54, 1.807) is 0 Å². The minimum Gasteiger partial charge on any atom is -0.261 e. The molecule has 0 aliphatic heterocycles. The first kappa shape index (κ1) is 8.25. The van der Waals surface area contributed by atoms with Gasteiger partial charge in [-0.05, 0) is 37.0 Å². The van der Waals surface area contributed by atoms with Gasteiger partial charge in [0.1, 0.15) is 0 Å². The van der Waals surface area contributed by atoms with Crippen molar-refractivity contribution in [2.24, 2.45) is 0 Å². The molecule has 1 rings (SSSR count). The molecule has 0 N–H and O–H groups in total. The lowest BCUT2D eigenvalue weighted by atomic mass is 9.97. The van der Waals surface area contributed by atoms with Gasteiger partial charge in [-0.2, -0.15) is 0 Å². The molecule has 0 bridgehead atoms. The van der Waals surface area contributed by atoms with Crippen LogP contribution in [-0.2, 0) is 0 Å². The van der Waals surface area contributed by atoms with Crippen molar-refractivity contribution in [3.8, 4) is 0 Å². The topological polar surface area (TPSA) is 12.9 Å². The zero-order valence-electron chi connectivity index (χ0n) is 7.68. The first-order valence-corrected chi connectivity index (χ1v) is 4.05. The number of pyridine rings is 1. The van der Waals surface area contributed by atoms with Gasteiger partial charge in [-0.25, -0.2) is 0 Å². The maximum Gasteiger partial charge on any atom is 0.0409 e. The molecule has 1 heterocycles. The second kappa shape index (κ2) is 3.04. The van der Waals surface area contributed by atoms with E-state index in [4.69, 9.17) is 0 Å². The number of hydrogen-bond donors (Lipinski definition) is 0. The smallest absolute Gasteiger partial charge is 0.0409 e. The van der Waals surface area contributed by atoms with Crippen LogP contribution in [0.15, 0.2) is 12.3 Å². The average molecular weight is 149 g/mol. The molecule has 0 spiro atoms. The summed E-state index contributed by atoms with van der Waals surface area (Å²) >= 11 is 0. The third-order valence-electron chi connectivity index (χ3n) is 1.98. The zero-order chi connectivity index (χ0) is 8.43. The van der Waals surface area contributed by atoms with Crippen LogP contribution in [0.5, 0.6) is 0 Å². The van der Waals surface area contributed by atoms with E-state index in [9.17, 15) is 0 Å². The monoisotopic (exact) mass is 149 g/mol. The summed E-state index contributed by atoms with van der Waals surface area (Å²) in [6.07, 6.45) is 1.87. The van der Waals surface area contributed by atoms with Crippen molar-refractivity contribution < 1.29 is 0 Å². The molecule has 0 aliphatic rings. The fraction of sp³-hybridized carbons (Fsp3) is 0.500. The van der Waals surface area contributed by atoms with Gasteiger partial charge in [0.25, 0.3) is 0 Å². The summed E-state index contributed by atoms with van der Waals surface area (Å²) in [7, 11) is 0. The molecule has 0 aliphatic carbocycles. The maximum atomic E-state index is 4.26. The van der Waals surface area contributed by atoms with Crippen molar-refractivity contribution in [3.05, 3.63) is 29.1 Å². The number of hydrogen-bond acceptors (Lipinski definition) is 1. The molecule has 60 valence electrons. The minimum absolute atomic E-state index is 0.587. The molecular formula is C10H15N. The molecular weight excluding hydrogens is 134 g/mol. The Morgan fingerprint density at radius 2 is 1.91 bits per heavy atom. The molecule has 0 saturated heterocycles. The van der Waals surface area contributed by atoms with E-state index in [1.807, 2.05) is 6.20 Å². The number of aromatic nitrogens is 1. The summed E-state index contributed by atoms with van der Waals surface area (Å²) in [5, 5.41) is 0. The van der Waals surface area contributed by atoms with E-state index >= 15 is 0 Å². The molecule has 1 aromatic rings. The molecule has 1 nitrogen and oxygen atoms in total. The van der Waals surface area contributed by atoms with Gasteiger partial charge < -0.3 is 0 Å². The van der Waals surface area contributed by atoms with E-state index in [2.05, 4.69) is 38.7 Å². The predicted molar refractivity (Wildman–Crippen MR) is 47.8 cm³/mol. The fourth-order valence-corrected chi connectivity index (χ4v) is 1.58. The summed E-state index contributed by atoms with van der Waals surface area (Å²) < 4.78 is 0. The van der Waals surface area contributed by atoms with Gasteiger partial charge in [-0.3, -0.25) is 4.98 Å². The molecule has 0 aromatic carbocycles. The molecule has 1 aromatic heterocycles. The minimum atomic E-state index is 0.587. The Balaban J connectivity index is 3.21. The molecule has 0 amide bonds. The fourth-order valence-electron chi connectivity index (χ4n) is 1.58. The lowest BCUT2D eigenvalue weighted by Gasteiger charge is -2.11. The van der Waals surface area contributed by atoms with Crippen LogP contribution < -0.4 is 0 Å². The second-order valence-corrected chi connectivity index (χ2v) is 3.28. The third kappa shape index (κ3) is 1.59. The largest absolute Gasteiger partial charge is 0.261 e. The Bertz CT molecular complexity index is 231. The van der Waals surface area contributed by atoms with Crippen molar-refractivity contribution in [2.75, 3.05) is 0 Å². The van der Waals surface area contributed by atoms with E-state index in [0.717, 1.165) is 0 Å². The Morgan fingerprint density at radius 3 is 2.27 bits per heavy atom. The van der Waals surface area contributed by atoms with E-state index < -0.39 is 0 Å². The summed E-state index contributed by atoms with van der Waals surface area (Å²) in [5.41, 5.74) is 3.92. The highest BCUT2D eigenvalue weighted by molar-refractivity contribution is 5.30. The quantitative estimate of drug-likeness (QED) is 0.598. The normalized spacial score (nSPS) is 10.6. The van der Waals surface area contributed by atoms with Gasteiger partial charge in [0.15, 0.2) is 0 Å². The molecule has 1 heteroatoms. The van der Waals surface area contributed by atoms with Gasteiger partial charge in [0.2, 0.25) is 0 Å². The third-order valence-corrected chi connectivity index (χ3v) is 1.98. The average Bonchev–Trinajstić information content (AvgIpc) is 1.85. The number of aryl methyl sites for hydroxylation is 2. The zero-order valence-corrected chi connectivity index (χ0v) is 7.68. The summed E-state index contributed by atoms with van der Waals surface area (Å²) in [5.74, 6) is 0.587. The second-order valence-electron chi connectivity index (χ2n) is 3.28. The van der Waals surface area contributed by atoms with E-state index in [1.165, 1.54) is 16.8 Å². The standard InChI is InChI=1S/C10H15N/c1-7(2)10-8(3)5-6-11-9(10)4/h5-7H,1-4H3. The van der Waals surface area contributed by atoms with Crippen molar-refractivity contribution in [1.29, 1.82) is 0 Å². The summed E-state index contributed by atoms with van der Waals surface area (Å²) in [4.78, 5) is 4.26. The highest BCUT2D eigenvalue weighted by Crippen LogP contribution is 2.20. The Morgan fingerprint density at radius 1 is 1.27 bits per heavy atom. The van der Waals surface area contributed by atoms with E-state index in [0.29, 0.717) is 5.92 Å². The van der Waals surface area contributed by atoms with Crippen LogP contribution in [0.3, 0.4) is 0 Å². The molecule has 0 radical (unpaired) electrons. The predicted octanol–water partition coefficient (Wildman–Crippen LogP) is 2.82. The molecule has 0 atom stereocenters. The van der Waals surface area contributed by atoms with Gasteiger partial charge >= 0.3 is 0 Å². The molecule has 0 unspecified atom stereocenters. The Labute approximate surface area is 68.5 Å². The van der Waals surface area contributed by atoms with Crippen LogP contribution in [-0.4, -0.2) is 4.98 Å². The van der Waals surface area contributed by atoms with Gasteiger partial charge in [0, 0.05) is 11.9 Å². The van der Waals surface area contributed by atoms with Gasteiger partial charge in [-0.15, -0.1) is 0 Å². The summed E-state index contributed by atoms with van der Waals surface area (Å²) in [6.45, 7) is 8.63. The van der Waals surface area contributed by atoms with Crippen LogP contribution in [0.1, 0.15) is 36.6 Å². The van der Waals surface area contributed by atoms with Crippen LogP contribution >= 0.6 is 0 Å².